The summed E-state index contributed by atoms with van der Waals surface area (Å²) >= 11 is 9.49. The normalized spacial score (nSPS) is 10.9. The van der Waals surface area contributed by atoms with Crippen molar-refractivity contribution >= 4 is 33.4 Å². The van der Waals surface area contributed by atoms with Gasteiger partial charge >= 0.3 is 0 Å². The number of hydrogen-bond donors (Lipinski definition) is 0. The Morgan fingerprint density at radius 3 is 2.43 bits per heavy atom. The van der Waals surface area contributed by atoms with Gasteiger partial charge in [-0.2, -0.15) is 10.2 Å². The summed E-state index contributed by atoms with van der Waals surface area (Å²) in [5.74, 6) is -0.170. The molecule has 6 nitrogen and oxygen atoms in total. The number of carbonyl (C=O) groups excluding carboxylic acids is 1. The summed E-state index contributed by atoms with van der Waals surface area (Å²) in [5, 5.41) is 9.16. The van der Waals surface area contributed by atoms with E-state index in [1.807, 2.05) is 13.8 Å². The van der Waals surface area contributed by atoms with Crippen molar-refractivity contribution in [2.75, 3.05) is 7.05 Å². The summed E-state index contributed by atoms with van der Waals surface area (Å²) in [5.41, 5.74) is 1.07. The fraction of sp³-hybridized carbons (Fsp3) is 0.462. The SMILES string of the molecule is CCn1cc(Cl)c(CN(C)C(=O)c2nn(CC)cc2Br)n1. The van der Waals surface area contributed by atoms with Gasteiger partial charge in [0.15, 0.2) is 5.69 Å². The molecule has 1 amide bonds. The zero-order valence-electron chi connectivity index (χ0n) is 12.2. The summed E-state index contributed by atoms with van der Waals surface area (Å²) in [7, 11) is 1.71. The third-order valence-electron chi connectivity index (χ3n) is 3.09. The molecule has 0 aromatic carbocycles. The van der Waals surface area contributed by atoms with Crippen LogP contribution >= 0.6 is 27.5 Å². The van der Waals surface area contributed by atoms with Gasteiger partial charge in [-0.1, -0.05) is 11.6 Å². The second-order valence-electron chi connectivity index (χ2n) is 4.62. The maximum absolute atomic E-state index is 12.4. The molecule has 0 bridgehead atoms. The van der Waals surface area contributed by atoms with Gasteiger partial charge < -0.3 is 4.90 Å². The molecule has 0 atom stereocenters. The lowest BCUT2D eigenvalue weighted by Gasteiger charge is -2.14. The van der Waals surface area contributed by atoms with E-state index < -0.39 is 0 Å². The molecule has 21 heavy (non-hydrogen) atoms. The maximum atomic E-state index is 12.4. The second-order valence-corrected chi connectivity index (χ2v) is 5.88. The molecule has 2 rings (SSSR count). The van der Waals surface area contributed by atoms with Crippen molar-refractivity contribution in [3.63, 3.8) is 0 Å². The average molecular weight is 375 g/mol. The summed E-state index contributed by atoms with van der Waals surface area (Å²) < 4.78 is 4.15. The zero-order valence-corrected chi connectivity index (χ0v) is 14.5. The standard InChI is InChI=1S/C13H17BrClN5O/c1-4-19-6-9(14)12(17-19)13(21)18(3)8-11-10(15)7-20(5-2)16-11/h6-7H,4-5,8H2,1-3H3. The van der Waals surface area contributed by atoms with Crippen LogP contribution in [-0.4, -0.2) is 37.4 Å². The lowest BCUT2D eigenvalue weighted by Crippen LogP contribution is -2.27. The number of rotatable bonds is 5. The first-order chi connectivity index (χ1) is 9.96. The largest absolute Gasteiger partial charge is 0.334 e. The number of carbonyl (C=O) groups is 1. The van der Waals surface area contributed by atoms with Gasteiger partial charge in [0.05, 0.1) is 16.0 Å². The number of halogens is 2. The fourth-order valence-corrected chi connectivity index (χ4v) is 2.58. The van der Waals surface area contributed by atoms with Gasteiger partial charge in [-0.15, -0.1) is 0 Å². The molecule has 2 heterocycles. The lowest BCUT2D eigenvalue weighted by molar-refractivity contribution is 0.0775. The summed E-state index contributed by atoms with van der Waals surface area (Å²) in [6, 6.07) is 0. The van der Waals surface area contributed by atoms with Gasteiger partial charge in [0.1, 0.15) is 5.69 Å². The van der Waals surface area contributed by atoms with Gasteiger partial charge in [0.25, 0.3) is 5.91 Å². The van der Waals surface area contributed by atoms with Crippen LogP contribution in [0.2, 0.25) is 5.02 Å². The molecule has 0 saturated heterocycles. The maximum Gasteiger partial charge on any atom is 0.275 e. The van der Waals surface area contributed by atoms with E-state index in [1.54, 1.807) is 33.7 Å². The van der Waals surface area contributed by atoms with Crippen LogP contribution in [0.5, 0.6) is 0 Å². The Morgan fingerprint density at radius 2 is 1.90 bits per heavy atom. The first-order valence-electron chi connectivity index (χ1n) is 6.66. The predicted molar refractivity (Wildman–Crippen MR) is 84.3 cm³/mol. The van der Waals surface area contributed by atoms with Crippen molar-refractivity contribution in [3.05, 3.63) is 33.3 Å². The van der Waals surface area contributed by atoms with Crippen molar-refractivity contribution in [2.45, 2.75) is 33.5 Å². The quantitative estimate of drug-likeness (QED) is 0.808. The Kier molecular flexibility index (Phi) is 5.05. The molecular weight excluding hydrogens is 358 g/mol. The highest BCUT2D eigenvalue weighted by molar-refractivity contribution is 9.10. The number of aryl methyl sites for hydroxylation is 2. The highest BCUT2D eigenvalue weighted by Crippen LogP contribution is 2.19. The van der Waals surface area contributed by atoms with E-state index in [-0.39, 0.29) is 5.91 Å². The van der Waals surface area contributed by atoms with E-state index in [1.165, 1.54) is 0 Å². The molecule has 2 aromatic heterocycles. The number of amides is 1. The van der Waals surface area contributed by atoms with E-state index in [0.29, 0.717) is 34.0 Å². The number of nitrogens with zero attached hydrogens (tertiary/aromatic N) is 5. The molecule has 8 heteroatoms. The second kappa shape index (κ2) is 6.62. The topological polar surface area (TPSA) is 56.0 Å². The van der Waals surface area contributed by atoms with E-state index in [2.05, 4.69) is 26.1 Å². The van der Waals surface area contributed by atoms with Crippen LogP contribution in [0.1, 0.15) is 30.0 Å². The van der Waals surface area contributed by atoms with Crippen LogP contribution in [0.15, 0.2) is 16.9 Å². The lowest BCUT2D eigenvalue weighted by atomic mass is 10.3. The van der Waals surface area contributed by atoms with Gasteiger partial charge in [0, 0.05) is 32.5 Å². The third-order valence-corrected chi connectivity index (χ3v) is 3.98. The van der Waals surface area contributed by atoms with E-state index >= 15 is 0 Å². The van der Waals surface area contributed by atoms with Gasteiger partial charge in [-0.05, 0) is 29.8 Å². The Labute approximate surface area is 136 Å². The molecule has 0 unspecified atom stereocenters. The molecular formula is C13H17BrClN5O. The molecule has 0 N–H and O–H groups in total. The minimum atomic E-state index is -0.170. The minimum absolute atomic E-state index is 0.170. The van der Waals surface area contributed by atoms with Crippen LogP contribution in [0.25, 0.3) is 0 Å². The summed E-state index contributed by atoms with van der Waals surface area (Å²) in [6.45, 7) is 5.74. The first kappa shape index (κ1) is 16.0. The molecule has 0 spiro atoms. The molecule has 2 aromatic rings. The van der Waals surface area contributed by atoms with Crippen LogP contribution in [-0.2, 0) is 19.6 Å². The van der Waals surface area contributed by atoms with Crippen molar-refractivity contribution < 1.29 is 4.79 Å². The Balaban J connectivity index is 2.15. The molecule has 0 saturated carbocycles. The van der Waals surface area contributed by atoms with Gasteiger partial charge in [-0.3, -0.25) is 14.2 Å². The van der Waals surface area contributed by atoms with Crippen molar-refractivity contribution in [2.24, 2.45) is 0 Å². The van der Waals surface area contributed by atoms with Crippen LogP contribution < -0.4 is 0 Å². The molecule has 0 fully saturated rings. The molecule has 114 valence electrons. The van der Waals surface area contributed by atoms with Crippen molar-refractivity contribution in [1.82, 2.24) is 24.5 Å². The van der Waals surface area contributed by atoms with Crippen LogP contribution in [0, 0.1) is 0 Å². The average Bonchev–Trinajstić information content (AvgIpc) is 3.01. The third kappa shape index (κ3) is 3.47. The van der Waals surface area contributed by atoms with Crippen LogP contribution in [0.4, 0.5) is 0 Å². The molecule has 0 radical (unpaired) electrons. The number of hydrogen-bond acceptors (Lipinski definition) is 3. The van der Waals surface area contributed by atoms with Crippen molar-refractivity contribution in [3.8, 4) is 0 Å². The monoisotopic (exact) mass is 373 g/mol. The van der Waals surface area contributed by atoms with Gasteiger partial charge in [0.2, 0.25) is 0 Å². The molecule has 0 aliphatic rings. The van der Waals surface area contributed by atoms with E-state index in [0.717, 1.165) is 6.54 Å². The summed E-state index contributed by atoms with van der Waals surface area (Å²) in [4.78, 5) is 14.0. The molecule has 0 aliphatic carbocycles. The first-order valence-corrected chi connectivity index (χ1v) is 7.83. The Hall–Kier alpha value is -1.34. The fourth-order valence-electron chi connectivity index (χ4n) is 1.89. The van der Waals surface area contributed by atoms with E-state index in [9.17, 15) is 4.79 Å². The Bertz CT molecular complexity index is 651. The highest BCUT2D eigenvalue weighted by atomic mass is 79.9. The van der Waals surface area contributed by atoms with Crippen LogP contribution in [0.3, 0.4) is 0 Å². The Morgan fingerprint density at radius 1 is 1.29 bits per heavy atom. The van der Waals surface area contributed by atoms with Crippen molar-refractivity contribution in [1.29, 1.82) is 0 Å². The minimum Gasteiger partial charge on any atom is -0.334 e. The zero-order chi connectivity index (χ0) is 15.6. The molecule has 0 aliphatic heterocycles. The van der Waals surface area contributed by atoms with E-state index in [4.69, 9.17) is 11.6 Å². The smallest absolute Gasteiger partial charge is 0.275 e. The predicted octanol–water partition coefficient (Wildman–Crippen LogP) is 2.81. The highest BCUT2D eigenvalue weighted by Gasteiger charge is 2.20. The number of aromatic nitrogens is 4. The summed E-state index contributed by atoms with van der Waals surface area (Å²) in [6.07, 6.45) is 3.55. The van der Waals surface area contributed by atoms with Gasteiger partial charge in [-0.25, -0.2) is 0 Å².